The number of hydrogen-bond acceptors (Lipinski definition) is 6. The van der Waals surface area contributed by atoms with E-state index in [2.05, 4.69) is 20.5 Å². The van der Waals surface area contributed by atoms with Gasteiger partial charge < -0.3 is 9.73 Å². The first-order valence-electron chi connectivity index (χ1n) is 9.25. The lowest BCUT2D eigenvalue weighted by atomic mass is 10.1. The van der Waals surface area contributed by atoms with Crippen LogP contribution in [0.25, 0.3) is 22.0 Å². The van der Waals surface area contributed by atoms with Crippen LogP contribution in [0.2, 0.25) is 0 Å². The minimum Gasteiger partial charge on any atom is -0.462 e. The third kappa shape index (κ3) is 3.54. The summed E-state index contributed by atoms with van der Waals surface area (Å²) in [5.41, 5.74) is 1.52. The maximum absolute atomic E-state index is 13.1. The number of hydrogen-bond donors (Lipinski definition) is 2. The summed E-state index contributed by atoms with van der Waals surface area (Å²) in [6.45, 7) is 0.296. The van der Waals surface area contributed by atoms with E-state index in [-0.39, 0.29) is 5.91 Å². The standard InChI is InChI=1S/C20H17N5O2S2/c26-18(21-11-15-23-24-20(28)25(15)13-8-9-13)17-16(12-5-2-1-3-6-12)22-19(29-17)14-7-4-10-27-14/h1-7,10,13H,8-9,11H2,(H,21,26)(H,24,28). The minimum absolute atomic E-state index is 0.199. The average molecular weight is 424 g/mol. The molecule has 1 fully saturated rings. The summed E-state index contributed by atoms with van der Waals surface area (Å²) in [6, 6.07) is 13.7. The fraction of sp³-hybridized carbons (Fsp3) is 0.200. The van der Waals surface area contributed by atoms with Crippen molar-refractivity contribution in [1.82, 2.24) is 25.1 Å². The summed E-state index contributed by atoms with van der Waals surface area (Å²) in [5.74, 6) is 1.18. The minimum atomic E-state index is -0.199. The van der Waals surface area contributed by atoms with Crippen LogP contribution in [0, 0.1) is 4.77 Å². The predicted octanol–water partition coefficient (Wildman–Crippen LogP) is 4.59. The van der Waals surface area contributed by atoms with Gasteiger partial charge in [0.25, 0.3) is 5.91 Å². The van der Waals surface area contributed by atoms with E-state index < -0.39 is 0 Å². The monoisotopic (exact) mass is 423 g/mol. The molecule has 146 valence electrons. The smallest absolute Gasteiger partial charge is 0.264 e. The van der Waals surface area contributed by atoms with Crippen molar-refractivity contribution in [2.45, 2.75) is 25.4 Å². The van der Waals surface area contributed by atoms with Crippen molar-refractivity contribution in [3.8, 4) is 22.0 Å². The summed E-state index contributed by atoms with van der Waals surface area (Å²) in [5, 5.41) is 10.7. The molecule has 1 aromatic carbocycles. The highest BCUT2D eigenvalue weighted by molar-refractivity contribution is 7.71. The highest BCUT2D eigenvalue weighted by atomic mass is 32.1. The number of aromatic amines is 1. The second kappa shape index (κ2) is 7.41. The first kappa shape index (κ1) is 18.0. The van der Waals surface area contributed by atoms with Gasteiger partial charge in [-0.15, -0.1) is 11.3 Å². The van der Waals surface area contributed by atoms with Crippen LogP contribution < -0.4 is 5.32 Å². The van der Waals surface area contributed by atoms with Crippen molar-refractivity contribution in [1.29, 1.82) is 0 Å². The molecule has 0 saturated heterocycles. The van der Waals surface area contributed by atoms with Crippen LogP contribution in [0.15, 0.2) is 53.1 Å². The Hall–Kier alpha value is -3.04. The molecule has 2 N–H and O–H groups in total. The quantitative estimate of drug-likeness (QED) is 0.443. The number of amides is 1. The Morgan fingerprint density at radius 2 is 2.10 bits per heavy atom. The van der Waals surface area contributed by atoms with E-state index in [0.717, 1.165) is 24.2 Å². The van der Waals surface area contributed by atoms with Gasteiger partial charge in [-0.2, -0.15) is 5.10 Å². The summed E-state index contributed by atoms with van der Waals surface area (Å²) >= 11 is 6.62. The fourth-order valence-corrected chi connectivity index (χ4v) is 4.45. The molecule has 5 rings (SSSR count). The fourth-order valence-electron chi connectivity index (χ4n) is 3.18. The van der Waals surface area contributed by atoms with Crippen molar-refractivity contribution >= 4 is 29.5 Å². The molecule has 1 saturated carbocycles. The Labute approximate surface area is 175 Å². The Morgan fingerprint density at radius 1 is 1.28 bits per heavy atom. The van der Waals surface area contributed by atoms with Crippen LogP contribution in [0.4, 0.5) is 0 Å². The third-order valence-corrected chi connectivity index (χ3v) is 6.07. The van der Waals surface area contributed by atoms with Gasteiger partial charge in [0, 0.05) is 11.6 Å². The molecule has 0 unspecified atom stereocenters. The molecular formula is C20H17N5O2S2. The van der Waals surface area contributed by atoms with Gasteiger partial charge in [0.1, 0.15) is 4.88 Å². The summed E-state index contributed by atoms with van der Waals surface area (Å²) < 4.78 is 8.06. The van der Waals surface area contributed by atoms with Gasteiger partial charge in [0.2, 0.25) is 0 Å². The lowest BCUT2D eigenvalue weighted by Gasteiger charge is -2.07. The number of aromatic nitrogens is 4. The molecule has 9 heteroatoms. The van der Waals surface area contributed by atoms with Crippen LogP contribution in [0.3, 0.4) is 0 Å². The van der Waals surface area contributed by atoms with Gasteiger partial charge in [-0.25, -0.2) is 4.98 Å². The molecule has 0 radical (unpaired) electrons. The number of carbonyl (C=O) groups excluding carboxylic acids is 1. The van der Waals surface area contributed by atoms with Crippen LogP contribution in [0.1, 0.15) is 34.4 Å². The van der Waals surface area contributed by atoms with Gasteiger partial charge in [-0.1, -0.05) is 30.3 Å². The van der Waals surface area contributed by atoms with E-state index in [9.17, 15) is 4.79 Å². The van der Waals surface area contributed by atoms with Gasteiger partial charge in [-0.3, -0.25) is 14.5 Å². The maximum atomic E-state index is 13.1. The number of furan rings is 1. The van der Waals surface area contributed by atoms with E-state index in [1.54, 1.807) is 12.3 Å². The normalized spacial score (nSPS) is 13.5. The van der Waals surface area contributed by atoms with Crippen LogP contribution in [0.5, 0.6) is 0 Å². The van der Waals surface area contributed by atoms with E-state index in [4.69, 9.17) is 16.6 Å². The molecule has 3 aromatic heterocycles. The summed E-state index contributed by atoms with van der Waals surface area (Å²) in [7, 11) is 0. The number of rotatable bonds is 6. The number of nitrogens with one attached hydrogen (secondary N) is 2. The Bertz CT molecular complexity index is 1200. The number of nitrogens with zero attached hydrogens (tertiary/aromatic N) is 3. The van der Waals surface area contributed by atoms with E-state index in [1.165, 1.54) is 11.3 Å². The molecule has 1 amide bonds. The SMILES string of the molecule is O=C(NCc1n[nH]c(=S)n1C1CC1)c1sc(-c2ccco2)nc1-c1ccccc1. The molecule has 7 nitrogen and oxygen atoms in total. The lowest BCUT2D eigenvalue weighted by molar-refractivity contribution is 0.0954. The third-order valence-electron chi connectivity index (χ3n) is 4.71. The number of H-pyrrole nitrogens is 1. The first-order valence-corrected chi connectivity index (χ1v) is 10.5. The average Bonchev–Trinajstić information content (AvgIpc) is 3.13. The molecular weight excluding hydrogens is 406 g/mol. The second-order valence-electron chi connectivity index (χ2n) is 6.77. The highest BCUT2D eigenvalue weighted by Crippen LogP contribution is 2.36. The van der Waals surface area contributed by atoms with Gasteiger partial charge >= 0.3 is 0 Å². The van der Waals surface area contributed by atoms with Crippen molar-refractivity contribution < 1.29 is 9.21 Å². The van der Waals surface area contributed by atoms with Crippen LogP contribution >= 0.6 is 23.6 Å². The zero-order chi connectivity index (χ0) is 19.8. The van der Waals surface area contributed by atoms with E-state index >= 15 is 0 Å². The Kier molecular flexibility index (Phi) is 4.61. The van der Waals surface area contributed by atoms with Crippen molar-refractivity contribution in [3.05, 3.63) is 64.2 Å². The number of benzene rings is 1. The highest BCUT2D eigenvalue weighted by Gasteiger charge is 2.28. The molecule has 0 spiro atoms. The predicted molar refractivity (Wildman–Crippen MR) is 112 cm³/mol. The summed E-state index contributed by atoms with van der Waals surface area (Å²) in [6.07, 6.45) is 3.78. The Balaban J connectivity index is 1.45. The van der Waals surface area contributed by atoms with E-state index in [1.807, 2.05) is 41.0 Å². The molecule has 3 heterocycles. The van der Waals surface area contributed by atoms with Gasteiger partial charge in [0.15, 0.2) is 21.4 Å². The molecule has 0 bridgehead atoms. The lowest BCUT2D eigenvalue weighted by Crippen LogP contribution is -2.24. The second-order valence-corrected chi connectivity index (χ2v) is 8.15. The number of carbonyl (C=O) groups is 1. The molecule has 4 aromatic rings. The Morgan fingerprint density at radius 3 is 2.83 bits per heavy atom. The molecule has 0 aliphatic heterocycles. The van der Waals surface area contributed by atoms with Crippen molar-refractivity contribution in [2.75, 3.05) is 0 Å². The number of thiazole rings is 1. The maximum Gasteiger partial charge on any atom is 0.264 e. The van der Waals surface area contributed by atoms with Crippen LogP contribution in [-0.4, -0.2) is 25.7 Å². The van der Waals surface area contributed by atoms with Gasteiger partial charge in [0.05, 0.1) is 18.5 Å². The zero-order valence-corrected chi connectivity index (χ0v) is 16.9. The van der Waals surface area contributed by atoms with Crippen molar-refractivity contribution in [3.63, 3.8) is 0 Å². The van der Waals surface area contributed by atoms with Crippen LogP contribution in [-0.2, 0) is 6.54 Å². The van der Waals surface area contributed by atoms with Crippen molar-refractivity contribution in [2.24, 2.45) is 0 Å². The molecule has 29 heavy (non-hydrogen) atoms. The molecule has 1 aliphatic carbocycles. The molecule has 0 atom stereocenters. The topological polar surface area (TPSA) is 88.7 Å². The largest absolute Gasteiger partial charge is 0.462 e. The van der Waals surface area contributed by atoms with E-state index in [0.29, 0.717) is 38.7 Å². The first-order chi connectivity index (χ1) is 14.2. The molecule has 1 aliphatic rings. The van der Waals surface area contributed by atoms with Gasteiger partial charge in [-0.05, 0) is 37.2 Å². The zero-order valence-electron chi connectivity index (χ0n) is 15.3. The summed E-state index contributed by atoms with van der Waals surface area (Å²) in [4.78, 5) is 18.3.